The van der Waals surface area contributed by atoms with Gasteiger partial charge in [-0.1, -0.05) is 30.7 Å². The third-order valence-electron chi connectivity index (χ3n) is 6.78. The van der Waals surface area contributed by atoms with Gasteiger partial charge >= 0.3 is 5.97 Å². The molecule has 186 valence electrons. The van der Waals surface area contributed by atoms with E-state index in [2.05, 4.69) is 23.5 Å². The van der Waals surface area contributed by atoms with Gasteiger partial charge in [0.2, 0.25) is 5.91 Å². The van der Waals surface area contributed by atoms with Crippen LogP contribution in [0.4, 0.5) is 5.00 Å². The van der Waals surface area contributed by atoms with Crippen molar-refractivity contribution < 1.29 is 14.3 Å². The molecule has 1 unspecified atom stereocenters. The Morgan fingerprint density at radius 3 is 2.72 bits per heavy atom. The number of fused-ring (bicyclic) bond motifs is 4. The van der Waals surface area contributed by atoms with E-state index >= 15 is 0 Å². The molecule has 2 heterocycles. The van der Waals surface area contributed by atoms with Crippen LogP contribution in [0.15, 0.2) is 28.5 Å². The van der Waals surface area contributed by atoms with Crippen LogP contribution in [0.3, 0.4) is 0 Å². The molecule has 0 radical (unpaired) electrons. The van der Waals surface area contributed by atoms with Crippen LogP contribution in [-0.4, -0.2) is 23.7 Å². The van der Waals surface area contributed by atoms with Crippen LogP contribution in [-0.2, 0) is 35.2 Å². The molecule has 1 amide bonds. The van der Waals surface area contributed by atoms with Crippen LogP contribution >= 0.6 is 34.4 Å². The molecule has 0 spiro atoms. The Bertz CT molecular complexity index is 1370. The fraction of sp³-hybridized carbons (Fsp3) is 0.393. The molecule has 0 bridgehead atoms. The predicted octanol–water partition coefficient (Wildman–Crippen LogP) is 7.01. The summed E-state index contributed by atoms with van der Waals surface area (Å²) in [6, 6.07) is 10.6. The highest BCUT2D eigenvalue weighted by Crippen LogP contribution is 2.46. The number of ether oxygens (including phenoxy) is 1. The van der Waals surface area contributed by atoms with Gasteiger partial charge in [0, 0.05) is 9.75 Å². The Balaban J connectivity index is 1.39. The second-order valence-electron chi connectivity index (χ2n) is 9.08. The fourth-order valence-electron chi connectivity index (χ4n) is 4.99. The third-order valence-corrected chi connectivity index (χ3v) is 10.6. The second kappa shape index (κ2) is 10.8. The molecule has 36 heavy (non-hydrogen) atoms. The highest BCUT2D eigenvalue weighted by molar-refractivity contribution is 8.02. The summed E-state index contributed by atoms with van der Waals surface area (Å²) in [5, 5.41) is 13.1. The van der Waals surface area contributed by atoms with Crippen molar-refractivity contribution >= 4 is 51.3 Å². The quantitative estimate of drug-likeness (QED) is 0.208. The maximum Gasteiger partial charge on any atom is 0.340 e. The number of carbonyl (C=O) groups excluding carboxylic acids is 2. The number of esters is 1. The summed E-state index contributed by atoms with van der Waals surface area (Å²) in [7, 11) is 0. The molecule has 2 aliphatic carbocycles. The van der Waals surface area contributed by atoms with Crippen LogP contribution in [0.2, 0.25) is 0 Å². The topological polar surface area (TPSA) is 79.2 Å². The van der Waals surface area contributed by atoms with Gasteiger partial charge in [0.15, 0.2) is 0 Å². The number of hydrogen-bond donors (Lipinski definition) is 1. The molecule has 2 aliphatic rings. The van der Waals surface area contributed by atoms with Crippen molar-refractivity contribution in [1.29, 1.82) is 5.26 Å². The second-order valence-corrected chi connectivity index (χ2v) is 12.8. The normalized spacial score (nSPS) is 15.0. The Kier molecular flexibility index (Phi) is 7.52. The van der Waals surface area contributed by atoms with Crippen molar-refractivity contribution in [2.45, 2.75) is 68.3 Å². The fourth-order valence-corrected chi connectivity index (χ4v) is 9.09. The first kappa shape index (κ1) is 25.1. The molecule has 1 atom stereocenters. The molecule has 8 heteroatoms. The van der Waals surface area contributed by atoms with Crippen molar-refractivity contribution in [3.63, 3.8) is 0 Å². The van der Waals surface area contributed by atoms with Crippen molar-refractivity contribution in [3.05, 3.63) is 57.0 Å². The molecule has 0 saturated carbocycles. The Labute approximate surface area is 223 Å². The van der Waals surface area contributed by atoms with Gasteiger partial charge in [0.25, 0.3) is 0 Å². The lowest BCUT2D eigenvalue weighted by Gasteiger charge is -2.15. The molecular formula is C28H28N2O3S3. The first-order valence-electron chi connectivity index (χ1n) is 12.4. The third kappa shape index (κ3) is 4.72. The minimum absolute atomic E-state index is 0.165. The Morgan fingerprint density at radius 2 is 1.92 bits per heavy atom. The lowest BCUT2D eigenvalue weighted by Crippen LogP contribution is -2.22. The number of thiophene rings is 2. The number of amides is 1. The summed E-state index contributed by atoms with van der Waals surface area (Å²) in [5.41, 5.74) is 5.81. The standard InChI is InChI=1S/C28H28N2O3S3/c1-3-33-27(32)23-20-11-5-4-6-12-22(20)35-28(23)34-16(2)25(31)30-26-21(15-29)19-14-13-17-9-7-8-10-18(17)24(19)36-26/h7-10,16H,3-6,11-14H2,1-2H3,(H,30,31). The average Bonchev–Trinajstić information content (AvgIpc) is 3.32. The molecule has 0 aliphatic heterocycles. The highest BCUT2D eigenvalue weighted by Gasteiger charge is 2.30. The van der Waals surface area contributed by atoms with Crippen LogP contribution in [0.1, 0.15) is 70.6 Å². The lowest BCUT2D eigenvalue weighted by atomic mass is 9.90. The summed E-state index contributed by atoms with van der Waals surface area (Å²) in [5.74, 6) is -0.454. The van der Waals surface area contributed by atoms with Crippen LogP contribution in [0.25, 0.3) is 10.4 Å². The zero-order chi connectivity index (χ0) is 25.2. The molecule has 2 aromatic heterocycles. The number of nitriles is 1. The van der Waals surface area contributed by atoms with E-state index in [9.17, 15) is 14.9 Å². The number of hydrogen-bond acceptors (Lipinski definition) is 7. The van der Waals surface area contributed by atoms with Gasteiger partial charge in [0.05, 0.1) is 27.2 Å². The molecule has 0 fully saturated rings. The summed E-state index contributed by atoms with van der Waals surface area (Å²) < 4.78 is 6.26. The summed E-state index contributed by atoms with van der Waals surface area (Å²) in [6.07, 6.45) is 6.92. The number of nitrogens with one attached hydrogen (secondary N) is 1. The number of aryl methyl sites for hydroxylation is 2. The molecule has 3 aromatic rings. The van der Waals surface area contributed by atoms with E-state index in [1.54, 1.807) is 11.3 Å². The van der Waals surface area contributed by atoms with Crippen LogP contribution in [0.5, 0.6) is 0 Å². The first-order chi connectivity index (χ1) is 17.5. The molecular weight excluding hydrogens is 509 g/mol. The monoisotopic (exact) mass is 536 g/mol. The number of rotatable bonds is 6. The van der Waals surface area contributed by atoms with E-state index in [1.165, 1.54) is 40.0 Å². The van der Waals surface area contributed by atoms with Crippen molar-refractivity contribution in [2.24, 2.45) is 0 Å². The predicted molar refractivity (Wildman–Crippen MR) is 147 cm³/mol. The van der Waals surface area contributed by atoms with Crippen LogP contribution < -0.4 is 5.32 Å². The van der Waals surface area contributed by atoms with E-state index in [0.29, 0.717) is 22.7 Å². The SMILES string of the molecule is CCOC(=O)c1c(SC(C)C(=O)Nc2sc3c(c2C#N)CCc2ccccc2-3)sc2c1CCCCC2. The van der Waals surface area contributed by atoms with E-state index in [-0.39, 0.29) is 11.9 Å². The molecule has 1 aromatic carbocycles. The maximum absolute atomic E-state index is 13.3. The van der Waals surface area contributed by atoms with Gasteiger partial charge in [-0.2, -0.15) is 5.26 Å². The zero-order valence-electron chi connectivity index (χ0n) is 20.4. The van der Waals surface area contributed by atoms with Gasteiger partial charge in [-0.25, -0.2) is 4.79 Å². The summed E-state index contributed by atoms with van der Waals surface area (Å²) >= 11 is 4.54. The summed E-state index contributed by atoms with van der Waals surface area (Å²) in [6.45, 7) is 4.00. The number of anilines is 1. The van der Waals surface area contributed by atoms with E-state index in [1.807, 2.05) is 26.0 Å². The first-order valence-corrected chi connectivity index (χ1v) is 15.0. The Hall–Kier alpha value is -2.60. The number of nitrogens with zero attached hydrogens (tertiary/aromatic N) is 1. The van der Waals surface area contributed by atoms with Crippen molar-refractivity contribution in [3.8, 4) is 16.5 Å². The highest BCUT2D eigenvalue weighted by atomic mass is 32.2. The number of carbonyl (C=O) groups is 2. The lowest BCUT2D eigenvalue weighted by molar-refractivity contribution is -0.115. The zero-order valence-corrected chi connectivity index (χ0v) is 22.9. The van der Waals surface area contributed by atoms with Crippen molar-refractivity contribution in [1.82, 2.24) is 0 Å². The minimum Gasteiger partial charge on any atom is -0.462 e. The van der Waals surface area contributed by atoms with Gasteiger partial charge in [-0.05, 0) is 74.6 Å². The average molecular weight is 537 g/mol. The van der Waals surface area contributed by atoms with Gasteiger partial charge in [-0.3, -0.25) is 4.79 Å². The van der Waals surface area contributed by atoms with E-state index in [0.717, 1.165) is 64.3 Å². The molecule has 5 rings (SSSR count). The number of benzene rings is 1. The molecule has 5 nitrogen and oxygen atoms in total. The van der Waals surface area contributed by atoms with Crippen LogP contribution in [0, 0.1) is 11.3 Å². The minimum atomic E-state index is -0.432. The molecule has 1 N–H and O–H groups in total. The van der Waals surface area contributed by atoms with Crippen molar-refractivity contribution in [2.75, 3.05) is 11.9 Å². The van der Waals surface area contributed by atoms with Gasteiger partial charge in [-0.15, -0.1) is 34.4 Å². The maximum atomic E-state index is 13.3. The Morgan fingerprint density at radius 1 is 1.11 bits per heavy atom. The smallest absolute Gasteiger partial charge is 0.340 e. The number of thioether (sulfide) groups is 1. The largest absolute Gasteiger partial charge is 0.462 e. The molecule has 0 saturated heterocycles. The van der Waals surface area contributed by atoms with E-state index < -0.39 is 5.25 Å². The van der Waals surface area contributed by atoms with Gasteiger partial charge < -0.3 is 10.1 Å². The van der Waals surface area contributed by atoms with Gasteiger partial charge in [0.1, 0.15) is 11.1 Å². The van der Waals surface area contributed by atoms with E-state index in [4.69, 9.17) is 4.74 Å². The summed E-state index contributed by atoms with van der Waals surface area (Å²) in [4.78, 5) is 28.5.